The van der Waals surface area contributed by atoms with Crippen LogP contribution in [0, 0.1) is 0 Å². The number of carbonyl (C=O) groups excluding carboxylic acids is 2. The van der Waals surface area contributed by atoms with Gasteiger partial charge in [-0.15, -0.1) is 0 Å². The number of amides is 2. The number of hydrogen-bond donors (Lipinski definition) is 1. The number of imidazole rings is 1. The number of aromatic nitrogens is 2. The molecule has 7 heteroatoms. The fourth-order valence-electron chi connectivity index (χ4n) is 3.42. The Morgan fingerprint density at radius 1 is 1.10 bits per heavy atom. The van der Waals surface area contributed by atoms with Crippen LogP contribution in [0.5, 0.6) is 0 Å². The first-order valence-electron chi connectivity index (χ1n) is 10.7. The van der Waals surface area contributed by atoms with E-state index >= 15 is 0 Å². The quantitative estimate of drug-likeness (QED) is 0.477. The lowest BCUT2D eigenvalue weighted by Gasteiger charge is -2.18. The number of nitrogens with one attached hydrogen (secondary N) is 1. The molecule has 6 nitrogen and oxygen atoms in total. The predicted molar refractivity (Wildman–Crippen MR) is 124 cm³/mol. The molecule has 164 valence electrons. The molecule has 1 aromatic heterocycles. The second-order valence-electron chi connectivity index (χ2n) is 7.64. The average Bonchev–Trinajstić information content (AvgIpc) is 3.12. The fourth-order valence-corrected chi connectivity index (χ4v) is 3.55. The van der Waals surface area contributed by atoms with Crippen molar-refractivity contribution in [2.45, 2.75) is 39.2 Å². The summed E-state index contributed by atoms with van der Waals surface area (Å²) in [6.45, 7) is 3.67. The minimum Gasteiger partial charge on any atom is -0.352 e. The molecule has 0 saturated heterocycles. The van der Waals surface area contributed by atoms with Crippen molar-refractivity contribution in [3.05, 3.63) is 64.9 Å². The Morgan fingerprint density at radius 3 is 2.58 bits per heavy atom. The van der Waals surface area contributed by atoms with Crippen LogP contribution in [0.2, 0.25) is 5.02 Å². The van der Waals surface area contributed by atoms with E-state index in [9.17, 15) is 9.59 Å². The van der Waals surface area contributed by atoms with E-state index in [-0.39, 0.29) is 18.4 Å². The van der Waals surface area contributed by atoms with Gasteiger partial charge in [-0.1, -0.05) is 37.1 Å². The van der Waals surface area contributed by atoms with Gasteiger partial charge in [0.25, 0.3) is 5.91 Å². The molecule has 31 heavy (non-hydrogen) atoms. The minimum atomic E-state index is -0.127. The maximum atomic E-state index is 12.7. The third-order valence-electron chi connectivity index (χ3n) is 5.27. The molecule has 0 fully saturated rings. The topological polar surface area (TPSA) is 67.2 Å². The molecule has 3 aromatic rings. The summed E-state index contributed by atoms with van der Waals surface area (Å²) >= 11 is 5.87. The van der Waals surface area contributed by atoms with Gasteiger partial charge in [0.05, 0.1) is 11.0 Å². The van der Waals surface area contributed by atoms with Crippen LogP contribution in [-0.2, 0) is 17.8 Å². The van der Waals surface area contributed by atoms with E-state index in [0.29, 0.717) is 23.6 Å². The van der Waals surface area contributed by atoms with E-state index in [2.05, 4.69) is 12.2 Å². The minimum absolute atomic E-state index is 0.0777. The third-order valence-corrected chi connectivity index (χ3v) is 5.52. The number of nitrogens with zero attached hydrogens (tertiary/aromatic N) is 3. The molecule has 0 aliphatic rings. The van der Waals surface area contributed by atoms with Gasteiger partial charge in [-0.25, -0.2) is 4.98 Å². The number of rotatable bonds is 10. The fraction of sp³-hybridized carbons (Fsp3) is 0.375. The molecule has 0 radical (unpaired) electrons. The van der Waals surface area contributed by atoms with Crippen LogP contribution in [0.3, 0.4) is 0 Å². The van der Waals surface area contributed by atoms with Crippen molar-refractivity contribution in [1.29, 1.82) is 0 Å². The first-order valence-corrected chi connectivity index (χ1v) is 11.1. The summed E-state index contributed by atoms with van der Waals surface area (Å²) in [6, 6.07) is 14.7. The van der Waals surface area contributed by atoms with Crippen molar-refractivity contribution in [1.82, 2.24) is 19.8 Å². The Morgan fingerprint density at radius 2 is 1.84 bits per heavy atom. The summed E-state index contributed by atoms with van der Waals surface area (Å²) < 4.78 is 2.00. The zero-order valence-electron chi connectivity index (χ0n) is 18.1. The van der Waals surface area contributed by atoms with Gasteiger partial charge in [0.15, 0.2) is 0 Å². The second-order valence-corrected chi connectivity index (χ2v) is 8.07. The van der Waals surface area contributed by atoms with Crippen molar-refractivity contribution in [2.24, 2.45) is 0 Å². The Labute approximate surface area is 188 Å². The van der Waals surface area contributed by atoms with Crippen LogP contribution in [-0.4, -0.2) is 46.4 Å². The number of likely N-dealkylation sites (N-methyl/N-ethyl adjacent to an activating group) is 1. The van der Waals surface area contributed by atoms with Gasteiger partial charge in [0, 0.05) is 37.1 Å². The number of hydrogen-bond acceptors (Lipinski definition) is 3. The molecule has 0 aliphatic heterocycles. The van der Waals surface area contributed by atoms with Crippen molar-refractivity contribution in [3.8, 4) is 0 Å². The Hall–Kier alpha value is -2.86. The van der Waals surface area contributed by atoms with E-state index in [1.54, 1.807) is 29.2 Å². The summed E-state index contributed by atoms with van der Waals surface area (Å²) in [5.74, 6) is 0.811. The SMILES string of the molecule is CCCCN(C)C(=O)Cn1c(CCCNC(=O)c2ccc(Cl)cc2)nc2ccccc21. The zero-order valence-corrected chi connectivity index (χ0v) is 18.9. The second kappa shape index (κ2) is 11.0. The Kier molecular flexibility index (Phi) is 8.06. The molecular weight excluding hydrogens is 412 g/mol. The Balaban J connectivity index is 1.63. The number of para-hydroxylation sites is 2. The molecule has 2 aromatic carbocycles. The number of aryl methyl sites for hydroxylation is 1. The van der Waals surface area contributed by atoms with E-state index < -0.39 is 0 Å². The molecule has 0 bridgehead atoms. The lowest BCUT2D eigenvalue weighted by molar-refractivity contribution is -0.130. The lowest BCUT2D eigenvalue weighted by atomic mass is 10.2. The summed E-state index contributed by atoms with van der Waals surface area (Å²) in [5, 5.41) is 3.53. The highest BCUT2D eigenvalue weighted by Gasteiger charge is 2.16. The summed E-state index contributed by atoms with van der Waals surface area (Å²) in [7, 11) is 1.85. The average molecular weight is 441 g/mol. The smallest absolute Gasteiger partial charge is 0.251 e. The normalized spacial score (nSPS) is 10.9. The van der Waals surface area contributed by atoms with Crippen molar-refractivity contribution >= 4 is 34.4 Å². The predicted octanol–water partition coefficient (Wildman–Crippen LogP) is 4.31. The maximum Gasteiger partial charge on any atom is 0.251 e. The van der Waals surface area contributed by atoms with Crippen LogP contribution in [0.25, 0.3) is 11.0 Å². The largest absolute Gasteiger partial charge is 0.352 e. The maximum absolute atomic E-state index is 12.7. The first kappa shape index (κ1) is 22.8. The molecule has 1 heterocycles. The van der Waals surface area contributed by atoms with E-state index in [1.807, 2.05) is 35.9 Å². The Bertz CT molecular complexity index is 1030. The summed E-state index contributed by atoms with van der Waals surface area (Å²) in [5.41, 5.74) is 2.42. The van der Waals surface area contributed by atoms with Crippen LogP contribution >= 0.6 is 11.6 Å². The molecule has 0 saturated carbocycles. The van der Waals surface area contributed by atoms with Gasteiger partial charge in [-0.05, 0) is 49.2 Å². The summed E-state index contributed by atoms with van der Waals surface area (Å²) in [6.07, 6.45) is 3.44. The number of halogens is 1. The molecular formula is C24H29ClN4O2. The van der Waals surface area contributed by atoms with Gasteiger partial charge < -0.3 is 14.8 Å². The third kappa shape index (κ3) is 6.07. The molecule has 0 spiro atoms. The number of carbonyl (C=O) groups is 2. The highest BCUT2D eigenvalue weighted by Crippen LogP contribution is 2.17. The van der Waals surface area contributed by atoms with Crippen LogP contribution in [0.15, 0.2) is 48.5 Å². The van der Waals surface area contributed by atoms with Gasteiger partial charge in [0.2, 0.25) is 5.91 Å². The molecule has 0 unspecified atom stereocenters. The van der Waals surface area contributed by atoms with Crippen LogP contribution in [0.1, 0.15) is 42.4 Å². The molecule has 1 N–H and O–H groups in total. The monoisotopic (exact) mass is 440 g/mol. The zero-order chi connectivity index (χ0) is 22.2. The van der Waals surface area contributed by atoms with Crippen LogP contribution in [0.4, 0.5) is 0 Å². The van der Waals surface area contributed by atoms with Gasteiger partial charge in [-0.2, -0.15) is 0 Å². The summed E-state index contributed by atoms with van der Waals surface area (Å²) in [4.78, 5) is 31.5. The molecule has 2 amide bonds. The van der Waals surface area contributed by atoms with Crippen molar-refractivity contribution in [3.63, 3.8) is 0 Å². The van der Waals surface area contributed by atoms with Crippen LogP contribution < -0.4 is 5.32 Å². The van der Waals surface area contributed by atoms with E-state index in [1.165, 1.54) is 0 Å². The van der Waals surface area contributed by atoms with Crippen molar-refractivity contribution in [2.75, 3.05) is 20.1 Å². The lowest BCUT2D eigenvalue weighted by Crippen LogP contribution is -2.31. The number of benzene rings is 2. The highest BCUT2D eigenvalue weighted by atomic mass is 35.5. The van der Waals surface area contributed by atoms with Gasteiger partial charge in [0.1, 0.15) is 12.4 Å². The molecule has 0 aliphatic carbocycles. The first-order chi connectivity index (χ1) is 15.0. The highest BCUT2D eigenvalue weighted by molar-refractivity contribution is 6.30. The standard InChI is InChI=1S/C24H29ClN4O2/c1-3-4-16-28(2)23(30)17-29-21-9-6-5-8-20(21)27-22(29)10-7-15-26-24(31)18-11-13-19(25)14-12-18/h5-6,8-9,11-14H,3-4,7,10,15-17H2,1-2H3,(H,26,31). The van der Waals surface area contributed by atoms with E-state index in [4.69, 9.17) is 16.6 Å². The van der Waals surface area contributed by atoms with Gasteiger partial charge in [-0.3, -0.25) is 9.59 Å². The molecule has 0 atom stereocenters. The van der Waals surface area contributed by atoms with E-state index in [0.717, 1.165) is 42.7 Å². The van der Waals surface area contributed by atoms with Crippen molar-refractivity contribution < 1.29 is 9.59 Å². The molecule has 3 rings (SSSR count). The number of unbranched alkanes of at least 4 members (excludes halogenated alkanes) is 1. The number of fused-ring (bicyclic) bond motifs is 1. The van der Waals surface area contributed by atoms with Gasteiger partial charge >= 0.3 is 0 Å².